The third-order valence-corrected chi connectivity index (χ3v) is 15.6. The zero-order valence-corrected chi connectivity index (χ0v) is 34.2. The zero-order valence-electron chi connectivity index (χ0n) is 33.2. The van der Waals surface area contributed by atoms with Crippen molar-refractivity contribution in [2.45, 2.75) is 69.0 Å². The van der Waals surface area contributed by atoms with Gasteiger partial charge in [-0.25, -0.2) is 15.0 Å². The van der Waals surface area contributed by atoms with E-state index in [-0.39, 0.29) is 23.4 Å². The quantitative estimate of drug-likeness (QED) is 0.0883. The molecule has 0 saturated carbocycles. The lowest BCUT2D eigenvalue weighted by Gasteiger charge is -2.44. The second-order valence-corrected chi connectivity index (χ2v) is 20.3. The summed E-state index contributed by atoms with van der Waals surface area (Å²) in [6.07, 6.45) is -0.309. The highest BCUT2D eigenvalue weighted by atomic mass is 28.4. The Kier molecular flexibility index (Phi) is 11.3. The number of hydrogen-bond donors (Lipinski definition) is 2. The number of nitrogens with one attached hydrogen (secondary N) is 1. The van der Waals surface area contributed by atoms with Gasteiger partial charge in [-0.2, -0.15) is 0 Å². The summed E-state index contributed by atoms with van der Waals surface area (Å²) >= 11 is 0. The van der Waals surface area contributed by atoms with Crippen LogP contribution in [0.15, 0.2) is 122 Å². The summed E-state index contributed by atoms with van der Waals surface area (Å²) in [5, 5.41) is 13.9. The van der Waals surface area contributed by atoms with Gasteiger partial charge in [0.25, 0.3) is 5.91 Å². The Balaban J connectivity index is 1.39. The van der Waals surface area contributed by atoms with Crippen molar-refractivity contribution in [3.8, 4) is 11.5 Å². The Morgan fingerprint density at radius 2 is 1.35 bits per heavy atom. The van der Waals surface area contributed by atoms with E-state index in [0.29, 0.717) is 28.2 Å². The van der Waals surface area contributed by atoms with Gasteiger partial charge in [-0.1, -0.05) is 93.6 Å². The molecule has 1 aliphatic rings. The van der Waals surface area contributed by atoms with Gasteiger partial charge in [0.1, 0.15) is 41.7 Å². The van der Waals surface area contributed by atoms with E-state index in [9.17, 15) is 9.90 Å². The van der Waals surface area contributed by atoms with Crippen molar-refractivity contribution < 1.29 is 33.3 Å². The van der Waals surface area contributed by atoms with Crippen LogP contribution in [0.2, 0.25) is 18.1 Å². The third kappa shape index (κ3) is 7.68. The molecular weight excluding hydrogens is 739 g/mol. The predicted octanol–water partition coefficient (Wildman–Crippen LogP) is 7.75. The lowest BCUT2D eigenvalue weighted by atomic mass is 9.79. The highest BCUT2D eigenvalue weighted by molar-refractivity contribution is 6.74. The maximum Gasteiger partial charge on any atom is 0.256 e. The van der Waals surface area contributed by atoms with Crippen molar-refractivity contribution in [2.75, 3.05) is 26.1 Å². The molecule has 0 aliphatic carbocycles. The molecule has 12 nitrogen and oxygen atoms in total. The number of carbonyl (C=O) groups excluding carboxylic acids is 1. The van der Waals surface area contributed by atoms with E-state index in [1.165, 1.54) is 6.33 Å². The van der Waals surface area contributed by atoms with Crippen LogP contribution in [-0.2, 0) is 19.5 Å². The van der Waals surface area contributed by atoms with Crippen LogP contribution in [0.25, 0.3) is 11.2 Å². The van der Waals surface area contributed by atoms with E-state index in [2.05, 4.69) is 54.1 Å². The molecule has 0 bridgehead atoms. The number of nitrogens with zero attached hydrogens (tertiary/aromatic N) is 4. The van der Waals surface area contributed by atoms with Gasteiger partial charge in [-0.05, 0) is 71.2 Å². The summed E-state index contributed by atoms with van der Waals surface area (Å²) < 4.78 is 34.7. The van der Waals surface area contributed by atoms with Gasteiger partial charge in [0.2, 0.25) is 0 Å². The second kappa shape index (κ2) is 16.2. The Hall–Kier alpha value is -5.44. The van der Waals surface area contributed by atoms with Crippen molar-refractivity contribution in [1.82, 2.24) is 19.5 Å². The minimum atomic E-state index is -2.58. The number of amides is 1. The zero-order chi connectivity index (χ0) is 40.4. The van der Waals surface area contributed by atoms with Crippen LogP contribution in [-0.4, -0.2) is 78.0 Å². The SMILES string of the molecule is COc1ccc(C(O[C@H]2[C@@H](O[Si](C)(C)C(C)(C)C)[C@H](n3cnc4c(NC(=O)c5ccccc5)ncnc43)O[C@@H]2CO)(c2ccccc2)c2ccc(OC)cc2)cc1. The minimum Gasteiger partial charge on any atom is -0.497 e. The molecule has 0 spiro atoms. The molecule has 1 saturated heterocycles. The number of aliphatic hydroxyl groups is 1. The molecule has 296 valence electrons. The smallest absolute Gasteiger partial charge is 0.256 e. The lowest BCUT2D eigenvalue weighted by Crippen LogP contribution is -2.51. The van der Waals surface area contributed by atoms with Crippen LogP contribution in [0, 0.1) is 0 Å². The summed E-state index contributed by atoms with van der Waals surface area (Å²) in [4.78, 5) is 26.9. The third-order valence-electron chi connectivity index (χ3n) is 11.1. The first kappa shape index (κ1) is 39.8. The molecule has 0 unspecified atom stereocenters. The highest BCUT2D eigenvalue weighted by Crippen LogP contribution is 2.48. The van der Waals surface area contributed by atoms with Crippen molar-refractivity contribution in [2.24, 2.45) is 0 Å². The van der Waals surface area contributed by atoms with Gasteiger partial charge in [0, 0.05) is 5.56 Å². The fraction of sp³-hybridized carbons (Fsp3) is 0.318. The molecule has 2 aromatic heterocycles. The van der Waals surface area contributed by atoms with Crippen LogP contribution in [0.3, 0.4) is 0 Å². The van der Waals surface area contributed by atoms with Crippen LogP contribution < -0.4 is 14.8 Å². The predicted molar refractivity (Wildman–Crippen MR) is 220 cm³/mol. The summed E-state index contributed by atoms with van der Waals surface area (Å²) in [5.41, 5.74) is 2.53. The van der Waals surface area contributed by atoms with Gasteiger partial charge in [-0.3, -0.25) is 9.36 Å². The number of anilines is 1. The van der Waals surface area contributed by atoms with E-state index in [1.807, 2.05) is 84.9 Å². The van der Waals surface area contributed by atoms with Crippen LogP contribution in [0.5, 0.6) is 11.5 Å². The number of rotatable bonds is 13. The average molecular weight is 788 g/mol. The molecule has 6 aromatic rings. The summed E-state index contributed by atoms with van der Waals surface area (Å²) in [5.74, 6) is 1.31. The molecule has 7 rings (SSSR count). The Bertz CT molecular complexity index is 2230. The fourth-order valence-electron chi connectivity index (χ4n) is 7.00. The van der Waals surface area contributed by atoms with Gasteiger partial charge >= 0.3 is 0 Å². The maximum atomic E-state index is 13.2. The molecule has 2 N–H and O–H groups in total. The van der Waals surface area contributed by atoms with Crippen LogP contribution >= 0.6 is 0 Å². The van der Waals surface area contributed by atoms with Gasteiger partial charge < -0.3 is 33.8 Å². The molecule has 4 atom stereocenters. The van der Waals surface area contributed by atoms with E-state index in [0.717, 1.165) is 16.7 Å². The number of methoxy groups -OCH3 is 2. The fourth-order valence-corrected chi connectivity index (χ4v) is 8.28. The number of imidazole rings is 1. The maximum absolute atomic E-state index is 13.2. The van der Waals surface area contributed by atoms with Crippen molar-refractivity contribution in [3.63, 3.8) is 0 Å². The Labute approximate surface area is 333 Å². The number of fused-ring (bicyclic) bond motifs is 1. The topological polar surface area (TPSA) is 139 Å². The van der Waals surface area contributed by atoms with E-state index < -0.39 is 38.5 Å². The van der Waals surface area contributed by atoms with E-state index >= 15 is 0 Å². The lowest BCUT2D eigenvalue weighted by molar-refractivity contribution is -0.110. The molecular formula is C44H49N5O7Si. The molecule has 13 heteroatoms. The number of carbonyl (C=O) groups is 1. The normalized spacial score (nSPS) is 18.7. The van der Waals surface area contributed by atoms with Gasteiger partial charge in [0.05, 0.1) is 27.2 Å². The molecule has 57 heavy (non-hydrogen) atoms. The molecule has 0 radical (unpaired) electrons. The van der Waals surface area contributed by atoms with Gasteiger partial charge in [-0.15, -0.1) is 0 Å². The standard InChI is InChI=1S/C44H49N5O7Si/c1-43(2,3)57(6,7)56-38-37(35(26-50)54-42(38)49-28-47-36-39(45-27-46-40(36)49)48-41(51)29-14-10-8-11-15-29)55-44(30-16-12-9-13-17-30,31-18-22-33(52-4)23-19-31)32-20-24-34(53-5)25-21-32/h8-25,27-28,35,37-38,42,50H,26H2,1-7H3,(H,45,46,48,51)/t35-,37-,38-,42-/m1/s1. The van der Waals surface area contributed by atoms with Crippen molar-refractivity contribution in [3.05, 3.63) is 144 Å². The first-order chi connectivity index (χ1) is 27.4. The van der Waals surface area contributed by atoms with Crippen LogP contribution in [0.4, 0.5) is 5.82 Å². The Morgan fingerprint density at radius 1 is 0.789 bits per heavy atom. The summed E-state index contributed by atoms with van der Waals surface area (Å²) in [7, 11) is 0.686. The number of ether oxygens (including phenoxy) is 4. The van der Waals surface area contributed by atoms with E-state index in [4.69, 9.17) is 23.4 Å². The minimum absolute atomic E-state index is 0.198. The molecule has 4 aromatic carbocycles. The molecule has 1 aliphatic heterocycles. The summed E-state index contributed by atoms with van der Waals surface area (Å²) in [6.45, 7) is 10.5. The molecule has 1 amide bonds. The van der Waals surface area contributed by atoms with Crippen molar-refractivity contribution >= 4 is 31.2 Å². The number of aromatic nitrogens is 4. The van der Waals surface area contributed by atoms with Gasteiger partial charge in [0.15, 0.2) is 31.5 Å². The van der Waals surface area contributed by atoms with E-state index in [1.54, 1.807) is 49.4 Å². The largest absolute Gasteiger partial charge is 0.497 e. The van der Waals surface area contributed by atoms with Crippen molar-refractivity contribution in [1.29, 1.82) is 0 Å². The molecule has 1 fully saturated rings. The Morgan fingerprint density at radius 3 is 1.89 bits per heavy atom. The monoisotopic (exact) mass is 787 g/mol. The first-order valence-electron chi connectivity index (χ1n) is 18.9. The number of aliphatic hydroxyl groups excluding tert-OH is 1. The summed E-state index contributed by atoms with van der Waals surface area (Å²) in [6, 6.07) is 34.5. The first-order valence-corrected chi connectivity index (χ1v) is 21.8. The highest BCUT2D eigenvalue weighted by Gasteiger charge is 2.55. The number of hydrogen-bond acceptors (Lipinski definition) is 10. The molecule has 3 heterocycles. The second-order valence-electron chi connectivity index (χ2n) is 15.5. The average Bonchev–Trinajstić information content (AvgIpc) is 3.81. The number of benzene rings is 4. The van der Waals surface area contributed by atoms with Crippen LogP contribution in [0.1, 0.15) is 54.0 Å².